The second kappa shape index (κ2) is 8.70. The summed E-state index contributed by atoms with van der Waals surface area (Å²) in [4.78, 5) is 4.20. The van der Waals surface area contributed by atoms with Gasteiger partial charge < -0.3 is 15.4 Å². The van der Waals surface area contributed by atoms with Gasteiger partial charge in [0, 0.05) is 51.0 Å². The molecule has 142 valence electrons. The fourth-order valence-corrected chi connectivity index (χ4v) is 3.36. The normalized spacial score (nSPS) is 21.5. The molecule has 9 heteroatoms. The lowest BCUT2D eigenvalue weighted by Crippen LogP contribution is -2.48. The van der Waals surface area contributed by atoms with E-state index in [2.05, 4.69) is 27.6 Å². The van der Waals surface area contributed by atoms with Gasteiger partial charge in [0.2, 0.25) is 0 Å². The lowest BCUT2D eigenvalue weighted by atomic mass is 10.1. The molecule has 2 aliphatic heterocycles. The first-order valence-corrected chi connectivity index (χ1v) is 9.10. The molecule has 0 bridgehead atoms. The van der Waals surface area contributed by atoms with Crippen LogP contribution in [0.2, 0.25) is 0 Å². The molecule has 26 heavy (non-hydrogen) atoms. The molecule has 1 aromatic carbocycles. The van der Waals surface area contributed by atoms with E-state index in [-0.39, 0.29) is 16.4 Å². The number of anilines is 1. The second-order valence-corrected chi connectivity index (χ2v) is 6.92. The van der Waals surface area contributed by atoms with Crippen LogP contribution in [0.15, 0.2) is 17.2 Å². The molecule has 0 radical (unpaired) electrons. The standard InChI is InChI=1S/C17H23F2N5OS/c18-14-9-16(15(19)8-12(14)10-21-22-17(20)26)24-5-3-23(4-6-24)11-13-2-1-7-25-13/h8-10,13H,1-7,11H2,(H3,20,22,26). The van der Waals surface area contributed by atoms with Crippen LogP contribution >= 0.6 is 12.2 Å². The molecule has 0 saturated carbocycles. The average Bonchev–Trinajstić information content (AvgIpc) is 3.11. The zero-order valence-electron chi connectivity index (χ0n) is 14.5. The summed E-state index contributed by atoms with van der Waals surface area (Å²) in [6, 6.07) is 2.35. The van der Waals surface area contributed by atoms with Gasteiger partial charge in [-0.3, -0.25) is 10.3 Å². The maximum absolute atomic E-state index is 14.5. The number of nitrogens with two attached hydrogens (primary N) is 1. The summed E-state index contributed by atoms with van der Waals surface area (Å²) in [5, 5.41) is 3.62. The highest BCUT2D eigenvalue weighted by Crippen LogP contribution is 2.24. The van der Waals surface area contributed by atoms with Gasteiger partial charge >= 0.3 is 0 Å². The van der Waals surface area contributed by atoms with Gasteiger partial charge in [0.1, 0.15) is 11.6 Å². The predicted octanol–water partition coefficient (Wildman–Crippen LogP) is 1.43. The second-order valence-electron chi connectivity index (χ2n) is 6.48. The molecular formula is C17H23F2N5OS. The SMILES string of the molecule is NC(=S)NN=Cc1cc(F)c(N2CCN(CC3CCCO3)CC2)cc1F. The summed E-state index contributed by atoms with van der Waals surface area (Å²) in [7, 11) is 0. The van der Waals surface area contributed by atoms with Gasteiger partial charge in [-0.25, -0.2) is 8.78 Å². The smallest absolute Gasteiger partial charge is 0.184 e. The van der Waals surface area contributed by atoms with Crippen molar-refractivity contribution in [1.29, 1.82) is 0 Å². The van der Waals surface area contributed by atoms with Crippen molar-refractivity contribution in [2.45, 2.75) is 18.9 Å². The Morgan fingerprint density at radius 2 is 2.08 bits per heavy atom. The first kappa shape index (κ1) is 18.9. The number of halogens is 2. The van der Waals surface area contributed by atoms with Gasteiger partial charge in [-0.05, 0) is 31.1 Å². The first-order valence-electron chi connectivity index (χ1n) is 8.69. The van der Waals surface area contributed by atoms with Gasteiger partial charge in [-0.15, -0.1) is 0 Å². The quantitative estimate of drug-likeness (QED) is 0.456. The van der Waals surface area contributed by atoms with Crippen molar-refractivity contribution in [2.24, 2.45) is 10.8 Å². The maximum Gasteiger partial charge on any atom is 0.184 e. The van der Waals surface area contributed by atoms with E-state index in [1.807, 2.05) is 4.90 Å². The van der Waals surface area contributed by atoms with Crippen molar-refractivity contribution in [3.63, 3.8) is 0 Å². The van der Waals surface area contributed by atoms with Crippen LogP contribution in [-0.4, -0.2) is 61.7 Å². The van der Waals surface area contributed by atoms with E-state index < -0.39 is 11.6 Å². The lowest BCUT2D eigenvalue weighted by molar-refractivity contribution is 0.0712. The van der Waals surface area contributed by atoms with E-state index in [9.17, 15) is 8.78 Å². The van der Waals surface area contributed by atoms with E-state index in [4.69, 9.17) is 10.5 Å². The topological polar surface area (TPSA) is 66.1 Å². The van der Waals surface area contributed by atoms with Crippen molar-refractivity contribution < 1.29 is 13.5 Å². The maximum atomic E-state index is 14.5. The molecule has 6 nitrogen and oxygen atoms in total. The number of benzene rings is 1. The van der Waals surface area contributed by atoms with Crippen molar-refractivity contribution >= 4 is 29.2 Å². The zero-order valence-corrected chi connectivity index (χ0v) is 15.3. The molecule has 0 aromatic heterocycles. The Labute approximate surface area is 157 Å². The number of hydrogen-bond donors (Lipinski definition) is 2. The molecule has 1 aromatic rings. The minimum Gasteiger partial charge on any atom is -0.377 e. The van der Waals surface area contributed by atoms with E-state index in [0.29, 0.717) is 19.2 Å². The predicted molar refractivity (Wildman–Crippen MR) is 102 cm³/mol. The van der Waals surface area contributed by atoms with Crippen molar-refractivity contribution in [1.82, 2.24) is 10.3 Å². The monoisotopic (exact) mass is 383 g/mol. The van der Waals surface area contributed by atoms with Crippen LogP contribution < -0.4 is 16.1 Å². The molecule has 1 atom stereocenters. The first-order chi connectivity index (χ1) is 12.5. The molecule has 0 amide bonds. The summed E-state index contributed by atoms with van der Waals surface area (Å²) >= 11 is 4.60. The highest BCUT2D eigenvalue weighted by molar-refractivity contribution is 7.80. The summed E-state index contributed by atoms with van der Waals surface area (Å²) in [6.45, 7) is 4.68. The number of hydrogen-bond acceptors (Lipinski definition) is 5. The fraction of sp³-hybridized carbons (Fsp3) is 0.529. The summed E-state index contributed by atoms with van der Waals surface area (Å²) in [6.07, 6.45) is 3.69. The van der Waals surface area contributed by atoms with Crippen LogP contribution in [0, 0.1) is 11.6 Å². The van der Waals surface area contributed by atoms with Gasteiger partial charge in [0.05, 0.1) is 18.0 Å². The molecule has 3 rings (SSSR count). The lowest BCUT2D eigenvalue weighted by Gasteiger charge is -2.37. The third-order valence-electron chi connectivity index (χ3n) is 4.64. The Morgan fingerprint density at radius 3 is 2.73 bits per heavy atom. The molecule has 2 heterocycles. The minimum atomic E-state index is -0.545. The molecule has 0 aliphatic carbocycles. The van der Waals surface area contributed by atoms with Crippen LogP contribution in [0.1, 0.15) is 18.4 Å². The number of ether oxygens (including phenoxy) is 1. The van der Waals surface area contributed by atoms with Crippen LogP contribution in [-0.2, 0) is 4.74 Å². The molecular weight excluding hydrogens is 360 g/mol. The van der Waals surface area contributed by atoms with Gasteiger partial charge in [0.15, 0.2) is 5.11 Å². The van der Waals surface area contributed by atoms with Crippen molar-refractivity contribution in [2.75, 3.05) is 44.2 Å². The summed E-state index contributed by atoms with van der Waals surface area (Å²) in [5.41, 5.74) is 7.86. The molecule has 2 aliphatic rings. The highest BCUT2D eigenvalue weighted by atomic mass is 32.1. The molecule has 2 saturated heterocycles. The van der Waals surface area contributed by atoms with Crippen molar-refractivity contribution in [3.05, 3.63) is 29.3 Å². The number of nitrogens with one attached hydrogen (secondary N) is 1. The van der Waals surface area contributed by atoms with E-state index in [0.717, 1.165) is 51.4 Å². The van der Waals surface area contributed by atoms with Gasteiger partial charge in [0.25, 0.3) is 0 Å². The largest absolute Gasteiger partial charge is 0.377 e. The van der Waals surface area contributed by atoms with E-state index >= 15 is 0 Å². The van der Waals surface area contributed by atoms with Crippen LogP contribution in [0.25, 0.3) is 0 Å². The van der Waals surface area contributed by atoms with Crippen LogP contribution in [0.3, 0.4) is 0 Å². The Morgan fingerprint density at radius 1 is 1.31 bits per heavy atom. The number of piperazine rings is 1. The van der Waals surface area contributed by atoms with E-state index in [1.54, 1.807) is 0 Å². The highest BCUT2D eigenvalue weighted by Gasteiger charge is 2.24. The number of rotatable bonds is 5. The third-order valence-corrected chi connectivity index (χ3v) is 4.73. The Bertz CT molecular complexity index is 673. The zero-order chi connectivity index (χ0) is 18.5. The Balaban J connectivity index is 1.60. The molecule has 1 unspecified atom stereocenters. The van der Waals surface area contributed by atoms with Crippen molar-refractivity contribution in [3.8, 4) is 0 Å². The molecule has 3 N–H and O–H groups in total. The Hall–Kier alpha value is -1.84. The minimum absolute atomic E-state index is 0.0343. The molecule has 2 fully saturated rings. The van der Waals surface area contributed by atoms with Gasteiger partial charge in [-0.1, -0.05) is 0 Å². The summed E-state index contributed by atoms with van der Waals surface area (Å²) < 4.78 is 34.4. The van der Waals surface area contributed by atoms with Crippen LogP contribution in [0.5, 0.6) is 0 Å². The average molecular weight is 383 g/mol. The van der Waals surface area contributed by atoms with E-state index in [1.165, 1.54) is 6.07 Å². The summed E-state index contributed by atoms with van der Waals surface area (Å²) in [5.74, 6) is -1.02. The number of thiocarbonyl (C=S) groups is 1. The van der Waals surface area contributed by atoms with Gasteiger partial charge in [-0.2, -0.15) is 5.10 Å². The Kier molecular flexibility index (Phi) is 6.33. The fourth-order valence-electron chi connectivity index (χ4n) is 3.31. The third kappa shape index (κ3) is 4.87. The van der Waals surface area contributed by atoms with Crippen LogP contribution in [0.4, 0.5) is 14.5 Å². The molecule has 0 spiro atoms. The number of hydrazone groups is 1. The number of nitrogens with zero attached hydrogens (tertiary/aromatic N) is 3.